The molecule has 6 nitrogen and oxygen atoms in total. The molecular formula is C17H22N4O2. The van der Waals surface area contributed by atoms with Crippen LogP contribution in [0.25, 0.3) is 0 Å². The van der Waals surface area contributed by atoms with Gasteiger partial charge < -0.3 is 19.3 Å². The first kappa shape index (κ1) is 15.4. The number of piperazine rings is 1. The number of benzene rings is 1. The first-order chi connectivity index (χ1) is 11.2. The highest BCUT2D eigenvalue weighted by Gasteiger charge is 2.27. The highest BCUT2D eigenvalue weighted by Crippen LogP contribution is 2.28. The molecule has 0 radical (unpaired) electrons. The normalized spacial score (nSPS) is 18.0. The third-order valence-electron chi connectivity index (χ3n) is 4.18. The maximum Gasteiger partial charge on any atom is 0.257 e. The van der Waals surface area contributed by atoms with Crippen LogP contribution in [-0.4, -0.2) is 49.9 Å². The number of methoxy groups -OCH3 is 2. The molecule has 0 bridgehead atoms. The van der Waals surface area contributed by atoms with Gasteiger partial charge in [0, 0.05) is 43.8 Å². The van der Waals surface area contributed by atoms with Gasteiger partial charge in [-0.15, -0.1) is 0 Å². The Hall–Kier alpha value is -2.50. The largest absolute Gasteiger partial charge is 0.497 e. The van der Waals surface area contributed by atoms with E-state index in [2.05, 4.69) is 38.8 Å². The van der Waals surface area contributed by atoms with Gasteiger partial charge in [-0.2, -0.15) is 0 Å². The van der Waals surface area contributed by atoms with Gasteiger partial charge in [-0.3, -0.25) is 0 Å². The predicted octanol–water partition coefficient (Wildman–Crippen LogP) is 2.21. The smallest absolute Gasteiger partial charge is 0.257 e. The predicted molar refractivity (Wildman–Crippen MR) is 90.6 cm³/mol. The quantitative estimate of drug-likeness (QED) is 0.862. The lowest BCUT2D eigenvalue weighted by Gasteiger charge is -2.41. The maximum absolute atomic E-state index is 5.34. The molecule has 1 atom stereocenters. The second kappa shape index (κ2) is 6.73. The van der Waals surface area contributed by atoms with Crippen molar-refractivity contribution in [2.75, 3.05) is 43.7 Å². The first-order valence-corrected chi connectivity index (χ1v) is 7.73. The number of ether oxygens (including phenoxy) is 2. The molecule has 0 unspecified atom stereocenters. The van der Waals surface area contributed by atoms with Crippen LogP contribution in [-0.2, 0) is 0 Å². The van der Waals surface area contributed by atoms with Gasteiger partial charge in [-0.25, -0.2) is 9.97 Å². The molecule has 0 saturated carbocycles. The van der Waals surface area contributed by atoms with Gasteiger partial charge in [-0.1, -0.05) is 0 Å². The van der Waals surface area contributed by atoms with Gasteiger partial charge in [0.05, 0.1) is 14.2 Å². The molecule has 6 heteroatoms. The fourth-order valence-electron chi connectivity index (χ4n) is 2.96. The Labute approximate surface area is 136 Å². The summed E-state index contributed by atoms with van der Waals surface area (Å²) in [5.41, 5.74) is 1.21. The highest BCUT2D eigenvalue weighted by molar-refractivity contribution is 5.54. The molecule has 1 fully saturated rings. The molecule has 23 heavy (non-hydrogen) atoms. The molecule has 3 rings (SSSR count). The van der Waals surface area contributed by atoms with E-state index in [9.17, 15) is 0 Å². The Morgan fingerprint density at radius 2 is 1.74 bits per heavy atom. The van der Waals surface area contributed by atoms with Crippen LogP contribution in [0.5, 0.6) is 11.6 Å². The van der Waals surface area contributed by atoms with Crippen LogP contribution in [0, 0.1) is 0 Å². The number of rotatable bonds is 4. The number of anilines is 2. The zero-order valence-electron chi connectivity index (χ0n) is 13.8. The standard InChI is InChI=1S/C17H22N4O2/c1-13-12-20(14-4-6-15(22-2)7-5-14)10-11-21(13)16-17(23-3)19-9-8-18-16/h4-9,13H,10-12H2,1-3H3/t13-/m1/s1. The van der Waals surface area contributed by atoms with E-state index in [1.54, 1.807) is 26.6 Å². The zero-order valence-corrected chi connectivity index (χ0v) is 13.8. The van der Waals surface area contributed by atoms with Crippen LogP contribution < -0.4 is 19.3 Å². The summed E-state index contributed by atoms with van der Waals surface area (Å²) in [5.74, 6) is 2.28. The van der Waals surface area contributed by atoms with Crippen LogP contribution in [0.2, 0.25) is 0 Å². The van der Waals surface area contributed by atoms with Crippen molar-refractivity contribution in [1.29, 1.82) is 0 Å². The number of hydrogen-bond acceptors (Lipinski definition) is 6. The van der Waals surface area contributed by atoms with Gasteiger partial charge >= 0.3 is 0 Å². The van der Waals surface area contributed by atoms with Crippen molar-refractivity contribution in [3.63, 3.8) is 0 Å². The van der Waals surface area contributed by atoms with E-state index >= 15 is 0 Å². The van der Waals surface area contributed by atoms with E-state index in [0.717, 1.165) is 31.2 Å². The average molecular weight is 314 g/mol. The monoisotopic (exact) mass is 314 g/mol. The minimum Gasteiger partial charge on any atom is -0.497 e. The van der Waals surface area contributed by atoms with Gasteiger partial charge in [-0.05, 0) is 31.2 Å². The molecule has 0 aliphatic carbocycles. The summed E-state index contributed by atoms with van der Waals surface area (Å²) in [6.45, 7) is 4.93. The van der Waals surface area contributed by atoms with E-state index in [1.165, 1.54) is 5.69 Å². The third kappa shape index (κ3) is 3.16. The Bertz CT molecular complexity index is 647. The van der Waals surface area contributed by atoms with Crippen molar-refractivity contribution in [3.05, 3.63) is 36.7 Å². The lowest BCUT2D eigenvalue weighted by Crippen LogP contribution is -2.52. The zero-order chi connectivity index (χ0) is 16.2. The minimum atomic E-state index is 0.316. The van der Waals surface area contributed by atoms with Crippen LogP contribution in [0.4, 0.5) is 11.5 Å². The molecule has 0 N–H and O–H groups in total. The average Bonchev–Trinajstić information content (AvgIpc) is 2.61. The summed E-state index contributed by atoms with van der Waals surface area (Å²) >= 11 is 0. The molecule has 0 spiro atoms. The van der Waals surface area contributed by atoms with Crippen molar-refractivity contribution < 1.29 is 9.47 Å². The van der Waals surface area contributed by atoms with E-state index < -0.39 is 0 Å². The molecule has 2 aromatic rings. The Morgan fingerprint density at radius 1 is 1.00 bits per heavy atom. The summed E-state index contributed by atoms with van der Waals surface area (Å²) < 4.78 is 10.6. The lowest BCUT2D eigenvalue weighted by atomic mass is 10.1. The Balaban J connectivity index is 1.74. The summed E-state index contributed by atoms with van der Waals surface area (Å²) in [5, 5.41) is 0. The third-order valence-corrected chi connectivity index (χ3v) is 4.18. The summed E-state index contributed by atoms with van der Waals surface area (Å²) in [6, 6.07) is 8.51. The van der Waals surface area contributed by atoms with E-state index in [-0.39, 0.29) is 0 Å². The second-order valence-corrected chi connectivity index (χ2v) is 5.58. The Kier molecular flexibility index (Phi) is 4.50. The Morgan fingerprint density at radius 3 is 2.39 bits per heavy atom. The lowest BCUT2D eigenvalue weighted by molar-refractivity contribution is 0.392. The van der Waals surface area contributed by atoms with Crippen molar-refractivity contribution in [2.45, 2.75) is 13.0 Å². The molecule has 1 aliphatic heterocycles. The van der Waals surface area contributed by atoms with Gasteiger partial charge in [0.25, 0.3) is 5.88 Å². The second-order valence-electron chi connectivity index (χ2n) is 5.58. The molecule has 1 saturated heterocycles. The topological polar surface area (TPSA) is 50.7 Å². The summed E-state index contributed by atoms with van der Waals surface area (Å²) in [6.07, 6.45) is 3.36. The summed E-state index contributed by atoms with van der Waals surface area (Å²) in [4.78, 5) is 13.3. The maximum atomic E-state index is 5.34. The van der Waals surface area contributed by atoms with Crippen molar-refractivity contribution in [2.24, 2.45) is 0 Å². The van der Waals surface area contributed by atoms with E-state index in [0.29, 0.717) is 11.9 Å². The molecule has 1 aliphatic rings. The van der Waals surface area contributed by atoms with Crippen LogP contribution in [0.3, 0.4) is 0 Å². The molecule has 1 aromatic carbocycles. The van der Waals surface area contributed by atoms with Gasteiger partial charge in [0.2, 0.25) is 0 Å². The molecule has 122 valence electrons. The minimum absolute atomic E-state index is 0.316. The van der Waals surface area contributed by atoms with Crippen LogP contribution >= 0.6 is 0 Å². The molecule has 0 amide bonds. The van der Waals surface area contributed by atoms with Gasteiger partial charge in [0.15, 0.2) is 5.82 Å². The number of hydrogen-bond donors (Lipinski definition) is 0. The van der Waals surface area contributed by atoms with Crippen LogP contribution in [0.1, 0.15) is 6.92 Å². The van der Waals surface area contributed by atoms with Crippen molar-refractivity contribution in [1.82, 2.24) is 9.97 Å². The first-order valence-electron chi connectivity index (χ1n) is 7.73. The fraction of sp³-hybridized carbons (Fsp3) is 0.412. The fourth-order valence-corrected chi connectivity index (χ4v) is 2.96. The van der Waals surface area contributed by atoms with Crippen molar-refractivity contribution in [3.8, 4) is 11.6 Å². The molecular weight excluding hydrogens is 292 g/mol. The molecule has 1 aromatic heterocycles. The SMILES string of the molecule is COc1ccc(N2CCN(c3nccnc3OC)[C@H](C)C2)cc1. The van der Waals surface area contributed by atoms with E-state index in [1.807, 2.05) is 12.1 Å². The van der Waals surface area contributed by atoms with Crippen molar-refractivity contribution >= 4 is 11.5 Å². The molecule has 2 heterocycles. The number of nitrogens with zero attached hydrogens (tertiary/aromatic N) is 4. The van der Waals surface area contributed by atoms with Crippen LogP contribution in [0.15, 0.2) is 36.7 Å². The van der Waals surface area contributed by atoms with E-state index in [4.69, 9.17) is 9.47 Å². The van der Waals surface area contributed by atoms with Gasteiger partial charge in [0.1, 0.15) is 5.75 Å². The number of aromatic nitrogens is 2. The summed E-state index contributed by atoms with van der Waals surface area (Å²) in [7, 11) is 3.32. The highest BCUT2D eigenvalue weighted by atomic mass is 16.5.